The Hall–Kier alpha value is -3.46. The lowest BCUT2D eigenvalue weighted by Crippen LogP contribution is -2.22. The summed E-state index contributed by atoms with van der Waals surface area (Å²) in [7, 11) is 3.22. The second kappa shape index (κ2) is 9.35. The number of rotatable bonds is 9. The summed E-state index contributed by atoms with van der Waals surface area (Å²) in [6.45, 7) is 6.19. The molecule has 0 N–H and O–H groups in total. The zero-order valence-electron chi connectivity index (χ0n) is 18.8. The lowest BCUT2D eigenvalue weighted by Gasteiger charge is -2.12. The highest BCUT2D eigenvalue weighted by molar-refractivity contribution is 6.10. The van der Waals surface area contributed by atoms with Crippen LogP contribution in [0.2, 0.25) is 0 Å². The number of hydrogen-bond acceptors (Lipinski definition) is 7. The van der Waals surface area contributed by atoms with Crippen molar-refractivity contribution in [2.24, 2.45) is 0 Å². The first kappa shape index (κ1) is 21.8. The normalized spacial score (nSPS) is 12.9. The second-order valence-electron chi connectivity index (χ2n) is 7.52. The highest BCUT2D eigenvalue weighted by atomic mass is 16.5. The van der Waals surface area contributed by atoms with Gasteiger partial charge in [-0.05, 0) is 31.5 Å². The van der Waals surface area contributed by atoms with Crippen molar-refractivity contribution in [3.8, 4) is 22.9 Å². The Bertz CT molecular complexity index is 1130. The Morgan fingerprint density at radius 2 is 2.00 bits per heavy atom. The Kier molecular flexibility index (Phi) is 6.36. The largest absolute Gasteiger partial charge is 0.488 e. The maximum Gasteiger partial charge on any atom is 0.260 e. The van der Waals surface area contributed by atoms with Gasteiger partial charge in [-0.15, -0.1) is 0 Å². The molecule has 0 aliphatic carbocycles. The maximum absolute atomic E-state index is 13.1. The Morgan fingerprint density at radius 3 is 2.72 bits per heavy atom. The lowest BCUT2D eigenvalue weighted by molar-refractivity contribution is 0.0996. The molecular formula is C23H27N5O4. The average Bonchev–Trinajstić information content (AvgIpc) is 3.41. The van der Waals surface area contributed by atoms with Crippen LogP contribution >= 0.6 is 0 Å². The van der Waals surface area contributed by atoms with Crippen LogP contribution < -0.4 is 14.4 Å². The van der Waals surface area contributed by atoms with Crippen LogP contribution in [0.25, 0.3) is 11.3 Å². The van der Waals surface area contributed by atoms with Crippen molar-refractivity contribution < 1.29 is 19.0 Å². The number of aryl methyl sites for hydroxylation is 2. The molecule has 0 fully saturated rings. The predicted octanol–water partition coefficient (Wildman–Crippen LogP) is 3.25. The quantitative estimate of drug-likeness (QED) is 0.475. The molecule has 0 bridgehead atoms. The molecule has 4 rings (SSSR count). The molecule has 0 saturated heterocycles. The predicted molar refractivity (Wildman–Crippen MR) is 119 cm³/mol. The molecule has 9 heteroatoms. The van der Waals surface area contributed by atoms with Crippen molar-refractivity contribution in [1.29, 1.82) is 0 Å². The molecule has 168 valence electrons. The first-order valence-corrected chi connectivity index (χ1v) is 10.6. The van der Waals surface area contributed by atoms with Gasteiger partial charge in [-0.3, -0.25) is 19.4 Å². The first-order chi connectivity index (χ1) is 15.5. The first-order valence-electron chi connectivity index (χ1n) is 10.6. The van der Waals surface area contributed by atoms with Crippen LogP contribution in [0.4, 0.5) is 5.69 Å². The van der Waals surface area contributed by atoms with Crippen LogP contribution in [0.1, 0.15) is 35.0 Å². The number of methoxy groups -OCH3 is 2. The molecule has 0 spiro atoms. The van der Waals surface area contributed by atoms with E-state index in [2.05, 4.69) is 10.1 Å². The van der Waals surface area contributed by atoms with Crippen LogP contribution in [0.15, 0.2) is 30.7 Å². The Labute approximate surface area is 186 Å². The summed E-state index contributed by atoms with van der Waals surface area (Å²) in [5.41, 5.74) is 4.57. The summed E-state index contributed by atoms with van der Waals surface area (Å²) in [5, 5.41) is 4.29. The van der Waals surface area contributed by atoms with Crippen molar-refractivity contribution >= 4 is 11.6 Å². The van der Waals surface area contributed by atoms with E-state index in [1.54, 1.807) is 36.2 Å². The smallest absolute Gasteiger partial charge is 0.260 e. The number of aromatic nitrogens is 4. The van der Waals surface area contributed by atoms with Gasteiger partial charge in [0, 0.05) is 44.6 Å². The standard InChI is InChI=1S/C23H27N5O4/c1-5-27-13-17(12-25-27)28-14-19-21(23(28)29)15(2)9-18(26-19)16-10-20(22(31-4)24-11-16)32-8-6-7-30-3/h9-13H,5-8,14H2,1-4H3. The van der Waals surface area contributed by atoms with E-state index in [0.29, 0.717) is 37.0 Å². The molecule has 0 radical (unpaired) electrons. The van der Waals surface area contributed by atoms with Crippen molar-refractivity contribution in [1.82, 2.24) is 19.7 Å². The second-order valence-corrected chi connectivity index (χ2v) is 7.52. The topological polar surface area (TPSA) is 91.6 Å². The van der Waals surface area contributed by atoms with Gasteiger partial charge >= 0.3 is 0 Å². The number of hydrogen-bond donors (Lipinski definition) is 0. The summed E-state index contributed by atoms with van der Waals surface area (Å²) < 4.78 is 18.1. The maximum atomic E-state index is 13.1. The Balaban J connectivity index is 1.62. The van der Waals surface area contributed by atoms with Crippen LogP contribution in [-0.2, 0) is 17.8 Å². The van der Waals surface area contributed by atoms with E-state index in [-0.39, 0.29) is 5.91 Å². The molecule has 3 aromatic rings. The van der Waals surface area contributed by atoms with E-state index in [9.17, 15) is 4.79 Å². The van der Waals surface area contributed by atoms with Gasteiger partial charge in [0.1, 0.15) is 0 Å². The fourth-order valence-corrected chi connectivity index (χ4v) is 3.74. The SMILES string of the molecule is CCn1cc(N2Cc3nc(-c4cnc(OC)c(OCCCOC)c4)cc(C)c3C2=O)cn1. The van der Waals surface area contributed by atoms with Crippen LogP contribution in [0.5, 0.6) is 11.6 Å². The minimum atomic E-state index is -0.0535. The van der Waals surface area contributed by atoms with E-state index in [0.717, 1.165) is 41.2 Å². The number of fused-ring (bicyclic) bond motifs is 1. The van der Waals surface area contributed by atoms with Gasteiger partial charge in [-0.1, -0.05) is 0 Å². The van der Waals surface area contributed by atoms with Gasteiger partial charge in [0.2, 0.25) is 0 Å². The molecule has 1 amide bonds. The number of amides is 1. The number of nitrogens with zero attached hydrogens (tertiary/aromatic N) is 5. The van der Waals surface area contributed by atoms with Crippen LogP contribution in [-0.4, -0.2) is 53.1 Å². The van der Waals surface area contributed by atoms with E-state index in [1.165, 1.54) is 0 Å². The van der Waals surface area contributed by atoms with Crippen molar-refractivity contribution in [2.75, 3.05) is 32.3 Å². The number of ether oxygens (including phenoxy) is 3. The molecule has 4 heterocycles. The summed E-state index contributed by atoms with van der Waals surface area (Å²) in [6.07, 6.45) is 6.05. The summed E-state index contributed by atoms with van der Waals surface area (Å²) in [6, 6.07) is 3.78. The molecule has 0 saturated carbocycles. The van der Waals surface area contributed by atoms with Gasteiger partial charge in [-0.25, -0.2) is 4.98 Å². The van der Waals surface area contributed by atoms with E-state index >= 15 is 0 Å². The zero-order valence-corrected chi connectivity index (χ0v) is 18.8. The van der Waals surface area contributed by atoms with E-state index in [4.69, 9.17) is 19.2 Å². The zero-order chi connectivity index (χ0) is 22.7. The highest BCUT2D eigenvalue weighted by Crippen LogP contribution is 2.34. The van der Waals surface area contributed by atoms with Crippen molar-refractivity contribution in [3.63, 3.8) is 0 Å². The molecule has 9 nitrogen and oxygen atoms in total. The number of pyridine rings is 2. The minimum Gasteiger partial charge on any atom is -0.488 e. The van der Waals surface area contributed by atoms with Gasteiger partial charge in [0.15, 0.2) is 5.75 Å². The van der Waals surface area contributed by atoms with Gasteiger partial charge < -0.3 is 14.2 Å². The van der Waals surface area contributed by atoms with Crippen LogP contribution in [0, 0.1) is 6.92 Å². The molecular weight excluding hydrogens is 410 g/mol. The van der Waals surface area contributed by atoms with Gasteiger partial charge in [-0.2, -0.15) is 5.10 Å². The van der Waals surface area contributed by atoms with Gasteiger partial charge in [0.05, 0.1) is 49.1 Å². The molecule has 0 aromatic carbocycles. The molecule has 0 unspecified atom stereocenters. The number of carbonyl (C=O) groups excluding carboxylic acids is 1. The molecule has 1 aliphatic rings. The van der Waals surface area contributed by atoms with E-state index < -0.39 is 0 Å². The number of carbonyl (C=O) groups is 1. The molecule has 0 atom stereocenters. The summed E-state index contributed by atoms with van der Waals surface area (Å²) in [5.74, 6) is 0.909. The highest BCUT2D eigenvalue weighted by Gasteiger charge is 2.32. The third kappa shape index (κ3) is 4.16. The van der Waals surface area contributed by atoms with E-state index in [1.807, 2.05) is 32.2 Å². The summed E-state index contributed by atoms with van der Waals surface area (Å²) in [4.78, 5) is 24.0. The third-order valence-electron chi connectivity index (χ3n) is 5.37. The molecule has 1 aliphatic heterocycles. The van der Waals surface area contributed by atoms with Crippen molar-refractivity contribution in [3.05, 3.63) is 47.5 Å². The fraction of sp³-hybridized carbons (Fsp3) is 0.391. The minimum absolute atomic E-state index is 0.0535. The third-order valence-corrected chi connectivity index (χ3v) is 5.37. The van der Waals surface area contributed by atoms with Crippen LogP contribution in [0.3, 0.4) is 0 Å². The average molecular weight is 438 g/mol. The molecule has 3 aromatic heterocycles. The summed E-state index contributed by atoms with van der Waals surface area (Å²) >= 11 is 0. The van der Waals surface area contributed by atoms with Crippen molar-refractivity contribution in [2.45, 2.75) is 33.4 Å². The fourth-order valence-electron chi connectivity index (χ4n) is 3.74. The Morgan fingerprint density at radius 1 is 1.16 bits per heavy atom. The van der Waals surface area contributed by atoms with Gasteiger partial charge in [0.25, 0.3) is 11.8 Å². The number of anilines is 1. The lowest BCUT2D eigenvalue weighted by atomic mass is 10.0. The molecule has 32 heavy (non-hydrogen) atoms. The monoisotopic (exact) mass is 437 g/mol.